The van der Waals surface area contributed by atoms with Crippen molar-refractivity contribution in [2.24, 2.45) is 11.0 Å². The molecule has 0 saturated heterocycles. The number of nitrogens with one attached hydrogen (secondary N) is 1. The molecule has 2 aromatic rings. The number of rotatable bonds is 5. The number of benzene rings is 1. The summed E-state index contributed by atoms with van der Waals surface area (Å²) >= 11 is 0. The zero-order valence-electron chi connectivity index (χ0n) is 15.5. The molecule has 1 aromatic heterocycles. The maximum atomic E-state index is 11.7. The Hall–Kier alpha value is -2.36. The number of nitrogens with zero attached hydrogens (tertiary/aromatic N) is 2. The molecule has 2 rings (SSSR count). The van der Waals surface area contributed by atoms with Crippen molar-refractivity contribution in [3.8, 4) is 5.69 Å². The molecule has 0 bridgehead atoms. The van der Waals surface area contributed by atoms with Gasteiger partial charge in [0.05, 0.1) is 11.9 Å². The second-order valence-electron chi connectivity index (χ2n) is 6.79. The first-order chi connectivity index (χ1) is 11.3. The van der Waals surface area contributed by atoms with Crippen molar-refractivity contribution in [1.82, 2.24) is 9.99 Å². The minimum atomic E-state index is -0.0511. The molecule has 4 nitrogen and oxygen atoms in total. The van der Waals surface area contributed by atoms with Gasteiger partial charge in [-0.15, -0.1) is 0 Å². The summed E-state index contributed by atoms with van der Waals surface area (Å²) in [5, 5.41) is 4.11. The molecule has 1 amide bonds. The average molecular weight is 325 g/mol. The molecule has 128 valence electrons. The largest absolute Gasteiger partial charge is 0.317 e. The van der Waals surface area contributed by atoms with Crippen LogP contribution in [0.25, 0.3) is 5.69 Å². The van der Waals surface area contributed by atoms with Crippen molar-refractivity contribution < 1.29 is 4.79 Å². The third kappa shape index (κ3) is 3.94. The van der Waals surface area contributed by atoms with Crippen molar-refractivity contribution in [3.05, 3.63) is 52.3 Å². The van der Waals surface area contributed by atoms with Gasteiger partial charge in [0.15, 0.2) is 0 Å². The Morgan fingerprint density at radius 2 is 1.83 bits per heavy atom. The lowest BCUT2D eigenvalue weighted by molar-refractivity contribution is -0.121. The quantitative estimate of drug-likeness (QED) is 0.650. The van der Waals surface area contributed by atoms with Crippen molar-refractivity contribution in [2.75, 3.05) is 0 Å². The average Bonchev–Trinajstić information content (AvgIpc) is 2.74. The van der Waals surface area contributed by atoms with Crippen LogP contribution in [0.5, 0.6) is 0 Å². The third-order valence-electron chi connectivity index (χ3n) is 4.12. The number of carbonyl (C=O) groups excluding carboxylic acids is 1. The molecule has 0 aliphatic carbocycles. The van der Waals surface area contributed by atoms with Crippen molar-refractivity contribution in [3.63, 3.8) is 0 Å². The normalized spacial score (nSPS) is 11.5. The highest BCUT2D eigenvalue weighted by Gasteiger charge is 2.13. The van der Waals surface area contributed by atoms with Crippen LogP contribution in [0.1, 0.15) is 48.3 Å². The first-order valence-electron chi connectivity index (χ1n) is 8.38. The SMILES string of the molecule is Cc1cccc(C)c1-n1c(C)cc(/C=N\NC(=O)CC(C)C)c1C. The molecule has 1 heterocycles. The Bertz CT molecular complexity index is 749. The second kappa shape index (κ2) is 7.47. The number of hydrogen-bond acceptors (Lipinski definition) is 2. The van der Waals surface area contributed by atoms with E-state index in [0.717, 1.165) is 17.0 Å². The van der Waals surface area contributed by atoms with E-state index >= 15 is 0 Å². The molecular formula is C20H27N3O. The summed E-state index contributed by atoms with van der Waals surface area (Å²) in [5.41, 5.74) is 9.59. The summed E-state index contributed by atoms with van der Waals surface area (Å²) in [4.78, 5) is 11.7. The number of aryl methyl sites for hydroxylation is 3. The van der Waals surface area contributed by atoms with Crippen LogP contribution in [0.2, 0.25) is 0 Å². The molecule has 0 unspecified atom stereocenters. The van der Waals surface area contributed by atoms with E-state index in [1.807, 2.05) is 13.8 Å². The molecule has 24 heavy (non-hydrogen) atoms. The van der Waals surface area contributed by atoms with Gasteiger partial charge in [-0.3, -0.25) is 4.79 Å². The first kappa shape index (κ1) is 18.0. The van der Waals surface area contributed by atoms with Crippen LogP contribution in [-0.4, -0.2) is 16.7 Å². The highest BCUT2D eigenvalue weighted by Crippen LogP contribution is 2.25. The summed E-state index contributed by atoms with van der Waals surface area (Å²) < 4.78 is 2.25. The van der Waals surface area contributed by atoms with Crippen LogP contribution in [0.3, 0.4) is 0 Å². The van der Waals surface area contributed by atoms with Crippen LogP contribution >= 0.6 is 0 Å². The monoisotopic (exact) mass is 325 g/mol. The summed E-state index contributed by atoms with van der Waals surface area (Å²) in [6.07, 6.45) is 2.21. The highest BCUT2D eigenvalue weighted by atomic mass is 16.2. The van der Waals surface area contributed by atoms with Gasteiger partial charge in [0.25, 0.3) is 0 Å². The molecule has 1 N–H and O–H groups in total. The molecule has 0 spiro atoms. The van der Waals surface area contributed by atoms with Crippen molar-refractivity contribution in [2.45, 2.75) is 48.0 Å². The van der Waals surface area contributed by atoms with E-state index in [-0.39, 0.29) is 5.91 Å². The lowest BCUT2D eigenvalue weighted by atomic mass is 10.1. The van der Waals surface area contributed by atoms with Gasteiger partial charge in [-0.05, 0) is 50.8 Å². The van der Waals surface area contributed by atoms with Crippen LogP contribution in [0.4, 0.5) is 0 Å². The van der Waals surface area contributed by atoms with Crippen LogP contribution in [0, 0.1) is 33.6 Å². The minimum Gasteiger partial charge on any atom is -0.317 e. The number of amides is 1. The fraction of sp³-hybridized carbons (Fsp3) is 0.400. The van der Waals surface area contributed by atoms with Gasteiger partial charge in [-0.2, -0.15) is 5.10 Å². The van der Waals surface area contributed by atoms with Crippen molar-refractivity contribution >= 4 is 12.1 Å². The summed E-state index contributed by atoms with van der Waals surface area (Å²) in [6, 6.07) is 8.43. The van der Waals surface area contributed by atoms with E-state index < -0.39 is 0 Å². The highest BCUT2D eigenvalue weighted by molar-refractivity contribution is 5.84. The summed E-state index contributed by atoms with van der Waals surface area (Å²) in [5.74, 6) is 0.277. The molecule has 0 saturated carbocycles. The Morgan fingerprint density at radius 3 is 2.42 bits per heavy atom. The van der Waals surface area contributed by atoms with Gasteiger partial charge in [0.1, 0.15) is 0 Å². The van der Waals surface area contributed by atoms with E-state index in [1.54, 1.807) is 6.21 Å². The van der Waals surface area contributed by atoms with E-state index in [0.29, 0.717) is 12.3 Å². The van der Waals surface area contributed by atoms with E-state index in [9.17, 15) is 4.79 Å². The maximum absolute atomic E-state index is 11.7. The number of aromatic nitrogens is 1. The topological polar surface area (TPSA) is 46.4 Å². The molecule has 0 atom stereocenters. The lowest BCUT2D eigenvalue weighted by Crippen LogP contribution is -2.19. The Labute approximate surface area is 144 Å². The number of hydrazone groups is 1. The van der Waals surface area contributed by atoms with Crippen LogP contribution in [-0.2, 0) is 4.79 Å². The van der Waals surface area contributed by atoms with Crippen LogP contribution in [0.15, 0.2) is 29.4 Å². The summed E-state index contributed by atoms with van der Waals surface area (Å²) in [7, 11) is 0. The van der Waals surface area contributed by atoms with Crippen LogP contribution < -0.4 is 5.43 Å². The number of hydrogen-bond donors (Lipinski definition) is 1. The van der Waals surface area contributed by atoms with Gasteiger partial charge < -0.3 is 4.57 Å². The Kier molecular flexibility index (Phi) is 5.60. The molecule has 0 radical (unpaired) electrons. The Morgan fingerprint density at radius 1 is 1.21 bits per heavy atom. The smallest absolute Gasteiger partial charge is 0.240 e. The Balaban J connectivity index is 2.28. The van der Waals surface area contributed by atoms with Crippen molar-refractivity contribution in [1.29, 1.82) is 0 Å². The second-order valence-corrected chi connectivity index (χ2v) is 6.79. The maximum Gasteiger partial charge on any atom is 0.240 e. The van der Waals surface area contributed by atoms with E-state index in [4.69, 9.17) is 0 Å². The van der Waals surface area contributed by atoms with Gasteiger partial charge in [0.2, 0.25) is 5.91 Å². The third-order valence-corrected chi connectivity index (χ3v) is 4.12. The van der Waals surface area contributed by atoms with Gasteiger partial charge >= 0.3 is 0 Å². The molecule has 4 heteroatoms. The fourth-order valence-electron chi connectivity index (χ4n) is 3.01. The van der Waals surface area contributed by atoms with Gasteiger partial charge in [0, 0.05) is 23.4 Å². The first-order valence-corrected chi connectivity index (χ1v) is 8.38. The zero-order chi connectivity index (χ0) is 17.9. The molecule has 1 aromatic carbocycles. The standard InChI is InChI=1S/C20H27N3O/c1-13(2)10-19(24)22-21-12-18-11-16(5)23(17(18)6)20-14(3)8-7-9-15(20)4/h7-9,11-13H,10H2,1-6H3,(H,22,24)/b21-12-. The predicted octanol–water partition coefficient (Wildman–Crippen LogP) is 4.21. The van der Waals surface area contributed by atoms with E-state index in [2.05, 4.69) is 67.1 Å². The molecule has 0 aliphatic heterocycles. The lowest BCUT2D eigenvalue weighted by Gasteiger charge is -2.15. The molecule has 0 fully saturated rings. The predicted molar refractivity (Wildman–Crippen MR) is 99.9 cm³/mol. The van der Waals surface area contributed by atoms with Gasteiger partial charge in [-0.1, -0.05) is 32.0 Å². The summed E-state index contributed by atoms with van der Waals surface area (Å²) in [6.45, 7) is 12.5. The number of para-hydroxylation sites is 1. The minimum absolute atomic E-state index is 0.0511. The fourth-order valence-corrected chi connectivity index (χ4v) is 3.01. The van der Waals surface area contributed by atoms with Gasteiger partial charge in [-0.25, -0.2) is 5.43 Å². The zero-order valence-corrected chi connectivity index (χ0v) is 15.5. The molecule has 0 aliphatic rings. The van der Waals surface area contributed by atoms with E-state index in [1.165, 1.54) is 16.8 Å². The number of carbonyl (C=O) groups is 1. The molecular weight excluding hydrogens is 298 g/mol.